The molecule has 1 saturated heterocycles. The zero-order chi connectivity index (χ0) is 14.3. The van der Waals surface area contributed by atoms with Crippen molar-refractivity contribution in [1.29, 1.82) is 0 Å². The van der Waals surface area contributed by atoms with Crippen LogP contribution < -0.4 is 0 Å². The van der Waals surface area contributed by atoms with Crippen molar-refractivity contribution in [2.45, 2.75) is 4.90 Å². The third-order valence-electron chi connectivity index (χ3n) is 3.43. The highest BCUT2D eigenvalue weighted by atomic mass is 79.9. The normalized spacial score (nSPS) is 18.7. The van der Waals surface area contributed by atoms with Gasteiger partial charge in [0.1, 0.15) is 0 Å². The minimum absolute atomic E-state index is 0.353. The van der Waals surface area contributed by atoms with Gasteiger partial charge >= 0.3 is 0 Å². The van der Waals surface area contributed by atoms with E-state index in [0.29, 0.717) is 18.0 Å². The lowest BCUT2D eigenvalue weighted by Gasteiger charge is -2.31. The number of rotatable bonds is 2. The van der Waals surface area contributed by atoms with E-state index in [1.807, 2.05) is 7.05 Å². The van der Waals surface area contributed by atoms with Crippen LogP contribution in [0.25, 0.3) is 10.2 Å². The van der Waals surface area contributed by atoms with E-state index in [-0.39, 0.29) is 0 Å². The lowest BCUT2D eigenvalue weighted by molar-refractivity contribution is 0.222. The van der Waals surface area contributed by atoms with Crippen LogP contribution in [0.1, 0.15) is 0 Å². The quantitative estimate of drug-likeness (QED) is 0.805. The number of hydrogen-bond acceptors (Lipinski definition) is 5. The van der Waals surface area contributed by atoms with Gasteiger partial charge in [0.2, 0.25) is 10.0 Å². The molecular formula is C12H14BrN3O2S2. The van der Waals surface area contributed by atoms with Gasteiger partial charge in [-0.15, -0.1) is 11.3 Å². The van der Waals surface area contributed by atoms with Crippen molar-refractivity contribution in [2.75, 3.05) is 33.2 Å². The second kappa shape index (κ2) is 5.34. The molecule has 20 heavy (non-hydrogen) atoms. The van der Waals surface area contributed by atoms with Crippen LogP contribution in [0.5, 0.6) is 0 Å². The monoisotopic (exact) mass is 375 g/mol. The summed E-state index contributed by atoms with van der Waals surface area (Å²) in [6.45, 7) is 2.63. The van der Waals surface area contributed by atoms with Gasteiger partial charge in [-0.1, -0.05) is 0 Å². The van der Waals surface area contributed by atoms with Gasteiger partial charge in [-0.05, 0) is 41.2 Å². The molecule has 0 spiro atoms. The number of hydrogen-bond donors (Lipinski definition) is 0. The van der Waals surface area contributed by atoms with Crippen LogP contribution in [0, 0.1) is 0 Å². The van der Waals surface area contributed by atoms with Crippen molar-refractivity contribution < 1.29 is 8.42 Å². The first-order valence-electron chi connectivity index (χ1n) is 6.21. The Morgan fingerprint density at radius 2 is 1.95 bits per heavy atom. The molecule has 0 aliphatic carbocycles. The smallest absolute Gasteiger partial charge is 0.243 e. The Balaban J connectivity index is 1.96. The first kappa shape index (κ1) is 14.4. The molecule has 2 heterocycles. The first-order valence-corrected chi connectivity index (χ1v) is 9.26. The zero-order valence-electron chi connectivity index (χ0n) is 10.9. The number of fused-ring (bicyclic) bond motifs is 1. The van der Waals surface area contributed by atoms with Crippen LogP contribution in [-0.2, 0) is 10.0 Å². The van der Waals surface area contributed by atoms with Crippen LogP contribution >= 0.6 is 27.3 Å². The van der Waals surface area contributed by atoms with E-state index in [4.69, 9.17) is 0 Å². The molecule has 2 aromatic rings. The number of sulfonamides is 1. The van der Waals surface area contributed by atoms with Crippen molar-refractivity contribution in [3.8, 4) is 0 Å². The van der Waals surface area contributed by atoms with Gasteiger partial charge in [0.05, 0.1) is 15.1 Å². The van der Waals surface area contributed by atoms with Crippen LogP contribution in [0.2, 0.25) is 0 Å². The summed E-state index contributed by atoms with van der Waals surface area (Å²) in [4.78, 5) is 6.77. The SMILES string of the molecule is CN1CCN(S(=O)(=O)c2ccc3nc(Br)sc3c2)CC1. The molecule has 1 aromatic carbocycles. The van der Waals surface area contributed by atoms with Gasteiger partial charge in [0, 0.05) is 26.2 Å². The largest absolute Gasteiger partial charge is 0.304 e. The average molecular weight is 376 g/mol. The van der Waals surface area contributed by atoms with Gasteiger partial charge in [0.15, 0.2) is 3.92 Å². The average Bonchev–Trinajstić information content (AvgIpc) is 2.78. The fraction of sp³-hybridized carbons (Fsp3) is 0.417. The molecule has 1 aliphatic rings. The third kappa shape index (κ3) is 2.62. The highest BCUT2D eigenvalue weighted by molar-refractivity contribution is 9.11. The molecule has 1 aromatic heterocycles. The molecule has 0 saturated carbocycles. The number of benzene rings is 1. The van der Waals surface area contributed by atoms with Crippen molar-refractivity contribution in [3.05, 3.63) is 22.1 Å². The number of aromatic nitrogens is 1. The number of likely N-dealkylation sites (N-methyl/N-ethyl adjacent to an activating group) is 1. The van der Waals surface area contributed by atoms with Gasteiger partial charge in [-0.25, -0.2) is 13.4 Å². The summed E-state index contributed by atoms with van der Waals surface area (Å²) in [7, 11) is -1.39. The van der Waals surface area contributed by atoms with E-state index in [1.165, 1.54) is 11.3 Å². The maximum absolute atomic E-state index is 12.6. The molecule has 0 amide bonds. The predicted molar refractivity (Wildman–Crippen MR) is 83.6 cm³/mol. The lowest BCUT2D eigenvalue weighted by atomic mass is 10.3. The molecule has 0 unspecified atom stereocenters. The summed E-state index contributed by atoms with van der Waals surface area (Å²) in [5, 5.41) is 0. The molecule has 5 nitrogen and oxygen atoms in total. The van der Waals surface area contributed by atoms with Gasteiger partial charge in [0.25, 0.3) is 0 Å². The molecule has 108 valence electrons. The number of nitrogens with zero attached hydrogens (tertiary/aromatic N) is 3. The van der Waals surface area contributed by atoms with Crippen LogP contribution in [0.4, 0.5) is 0 Å². The standard InChI is InChI=1S/C12H14BrN3O2S2/c1-15-4-6-16(7-5-15)20(17,18)9-2-3-10-11(8-9)19-12(13)14-10/h2-3,8H,4-7H2,1H3. The minimum atomic E-state index is -3.40. The molecule has 0 atom stereocenters. The molecule has 3 rings (SSSR count). The lowest BCUT2D eigenvalue weighted by Crippen LogP contribution is -2.46. The van der Waals surface area contributed by atoms with Gasteiger partial charge in [-0.2, -0.15) is 4.31 Å². The number of thiazole rings is 1. The zero-order valence-corrected chi connectivity index (χ0v) is 14.1. The van der Waals surface area contributed by atoms with E-state index in [9.17, 15) is 8.42 Å². The topological polar surface area (TPSA) is 53.5 Å². The summed E-state index contributed by atoms with van der Waals surface area (Å²) < 4.78 is 28.5. The second-order valence-corrected chi connectivity index (χ2v) is 9.05. The molecule has 0 N–H and O–H groups in total. The number of piperazine rings is 1. The summed E-state index contributed by atoms with van der Waals surface area (Å²) in [5.41, 5.74) is 0.819. The third-order valence-corrected chi connectivity index (χ3v) is 6.80. The molecule has 0 radical (unpaired) electrons. The van der Waals surface area contributed by atoms with Crippen molar-refractivity contribution >= 4 is 47.5 Å². The van der Waals surface area contributed by atoms with Crippen molar-refractivity contribution in [1.82, 2.24) is 14.2 Å². The summed E-state index contributed by atoms with van der Waals surface area (Å²) >= 11 is 4.77. The predicted octanol–water partition coefficient (Wildman–Crippen LogP) is 1.99. The Morgan fingerprint density at radius 1 is 1.25 bits per heavy atom. The van der Waals surface area contributed by atoms with Gasteiger partial charge < -0.3 is 4.90 Å². The maximum atomic E-state index is 12.6. The molecule has 1 fully saturated rings. The first-order chi connectivity index (χ1) is 9.46. The van der Waals surface area contributed by atoms with Gasteiger partial charge in [-0.3, -0.25) is 0 Å². The summed E-state index contributed by atoms with van der Waals surface area (Å²) in [6, 6.07) is 5.12. The Kier molecular flexibility index (Phi) is 3.85. The summed E-state index contributed by atoms with van der Waals surface area (Å²) in [6.07, 6.45) is 0. The highest BCUT2D eigenvalue weighted by Gasteiger charge is 2.27. The molecular weight excluding hydrogens is 362 g/mol. The molecule has 0 bridgehead atoms. The number of halogens is 1. The van der Waals surface area contributed by atoms with Crippen LogP contribution in [0.15, 0.2) is 27.0 Å². The Hall–Kier alpha value is -0.540. The van der Waals surface area contributed by atoms with E-state index in [2.05, 4.69) is 25.8 Å². The fourth-order valence-electron chi connectivity index (χ4n) is 2.21. The molecule has 1 aliphatic heterocycles. The second-order valence-electron chi connectivity index (χ2n) is 4.80. The van der Waals surface area contributed by atoms with Crippen LogP contribution in [0.3, 0.4) is 0 Å². The summed E-state index contributed by atoms with van der Waals surface area (Å²) in [5.74, 6) is 0. The minimum Gasteiger partial charge on any atom is -0.304 e. The van der Waals surface area contributed by atoms with E-state index >= 15 is 0 Å². The van der Waals surface area contributed by atoms with E-state index in [1.54, 1.807) is 22.5 Å². The van der Waals surface area contributed by atoms with E-state index in [0.717, 1.165) is 27.2 Å². The fourth-order valence-corrected chi connectivity index (χ4v) is 5.18. The van der Waals surface area contributed by atoms with Crippen molar-refractivity contribution in [3.63, 3.8) is 0 Å². The Bertz CT molecular complexity index is 736. The van der Waals surface area contributed by atoms with Crippen molar-refractivity contribution in [2.24, 2.45) is 0 Å². The van der Waals surface area contributed by atoms with E-state index < -0.39 is 10.0 Å². The molecule has 8 heteroatoms. The Morgan fingerprint density at radius 3 is 2.65 bits per heavy atom. The highest BCUT2D eigenvalue weighted by Crippen LogP contribution is 2.29. The van der Waals surface area contributed by atoms with Crippen LogP contribution in [-0.4, -0.2) is 55.8 Å². The Labute approximate surface area is 130 Å². The maximum Gasteiger partial charge on any atom is 0.243 e.